The van der Waals surface area contributed by atoms with Crippen LogP contribution in [0.2, 0.25) is 0 Å². The Labute approximate surface area is 113 Å². The summed E-state index contributed by atoms with van der Waals surface area (Å²) in [4.78, 5) is 2.35. The maximum Gasteiger partial charge on any atom is 0.0443 e. The average molecular weight is 258 g/mol. The molecule has 0 saturated heterocycles. The minimum atomic E-state index is 0.642. The highest BCUT2D eigenvalue weighted by Crippen LogP contribution is 2.35. The van der Waals surface area contributed by atoms with Crippen molar-refractivity contribution in [2.24, 2.45) is 0 Å². The number of hydrogen-bond donors (Lipinski definition) is 0. The number of para-hydroxylation sites is 2. The fraction of sp³-hybridized carbons (Fsp3) is 0.250. The summed E-state index contributed by atoms with van der Waals surface area (Å²) in [6.07, 6.45) is 2.21. The van der Waals surface area contributed by atoms with E-state index in [4.69, 9.17) is 11.6 Å². The molecule has 92 valence electrons. The summed E-state index contributed by atoms with van der Waals surface area (Å²) in [6.45, 7) is 0.857. The Morgan fingerprint density at radius 3 is 1.83 bits per heavy atom. The van der Waals surface area contributed by atoms with Gasteiger partial charge in [-0.1, -0.05) is 36.4 Å². The zero-order chi connectivity index (χ0) is 12.4. The van der Waals surface area contributed by atoms with Gasteiger partial charge in [-0.15, -0.1) is 11.6 Å². The number of aryl methyl sites for hydroxylation is 2. The van der Waals surface area contributed by atoms with Gasteiger partial charge < -0.3 is 4.90 Å². The second kappa shape index (κ2) is 5.03. The number of hydrogen-bond acceptors (Lipinski definition) is 1. The second-order valence-corrected chi connectivity index (χ2v) is 4.98. The number of alkyl halides is 1. The first kappa shape index (κ1) is 11.6. The van der Waals surface area contributed by atoms with Gasteiger partial charge in [-0.2, -0.15) is 0 Å². The number of nitrogens with zero attached hydrogens (tertiary/aromatic N) is 1. The van der Waals surface area contributed by atoms with E-state index >= 15 is 0 Å². The lowest BCUT2D eigenvalue weighted by molar-refractivity contribution is 0.977. The van der Waals surface area contributed by atoms with E-state index in [2.05, 4.69) is 53.4 Å². The number of anilines is 2. The Hall–Kier alpha value is -1.47. The SMILES string of the molecule is ClCCN1c2ccccc2CCc2ccccc21. The molecule has 0 spiro atoms. The van der Waals surface area contributed by atoms with Gasteiger partial charge in [-0.3, -0.25) is 0 Å². The van der Waals surface area contributed by atoms with Crippen LogP contribution in [0.15, 0.2) is 48.5 Å². The Bertz CT molecular complexity index is 503. The third-order valence-corrected chi connectivity index (χ3v) is 3.71. The van der Waals surface area contributed by atoms with E-state index in [1.54, 1.807) is 0 Å². The lowest BCUT2D eigenvalue weighted by Crippen LogP contribution is -2.20. The first-order valence-corrected chi connectivity index (χ1v) is 6.93. The van der Waals surface area contributed by atoms with E-state index < -0.39 is 0 Å². The van der Waals surface area contributed by atoms with Crippen LogP contribution in [-0.4, -0.2) is 12.4 Å². The van der Waals surface area contributed by atoms with E-state index in [-0.39, 0.29) is 0 Å². The molecule has 0 fully saturated rings. The van der Waals surface area contributed by atoms with Gasteiger partial charge in [0.25, 0.3) is 0 Å². The molecule has 0 radical (unpaired) electrons. The summed E-state index contributed by atoms with van der Waals surface area (Å²) >= 11 is 5.98. The predicted molar refractivity (Wildman–Crippen MR) is 78.0 cm³/mol. The monoisotopic (exact) mass is 257 g/mol. The molecule has 0 bridgehead atoms. The minimum absolute atomic E-state index is 0.642. The molecular weight excluding hydrogens is 242 g/mol. The van der Waals surface area contributed by atoms with E-state index in [0.717, 1.165) is 19.4 Å². The quantitative estimate of drug-likeness (QED) is 0.730. The fourth-order valence-electron chi connectivity index (χ4n) is 2.70. The average Bonchev–Trinajstić information content (AvgIpc) is 2.58. The molecule has 18 heavy (non-hydrogen) atoms. The molecule has 2 aromatic carbocycles. The molecule has 0 N–H and O–H groups in total. The van der Waals surface area contributed by atoms with Crippen LogP contribution in [0, 0.1) is 0 Å². The van der Waals surface area contributed by atoms with Crippen LogP contribution in [0.4, 0.5) is 11.4 Å². The highest BCUT2D eigenvalue weighted by atomic mass is 35.5. The summed E-state index contributed by atoms with van der Waals surface area (Å²) in [7, 11) is 0. The third-order valence-electron chi connectivity index (χ3n) is 3.54. The summed E-state index contributed by atoms with van der Waals surface area (Å²) in [5, 5.41) is 0. The summed E-state index contributed by atoms with van der Waals surface area (Å²) in [5.41, 5.74) is 5.45. The van der Waals surface area contributed by atoms with Gasteiger partial charge >= 0.3 is 0 Å². The fourth-order valence-corrected chi connectivity index (χ4v) is 2.86. The van der Waals surface area contributed by atoms with Crippen molar-refractivity contribution in [1.29, 1.82) is 0 Å². The Morgan fingerprint density at radius 1 is 0.833 bits per heavy atom. The molecule has 1 aliphatic heterocycles. The maximum atomic E-state index is 5.98. The van der Waals surface area contributed by atoms with Crippen molar-refractivity contribution < 1.29 is 0 Å². The molecule has 3 rings (SSSR count). The number of halogens is 1. The van der Waals surface area contributed by atoms with Crippen molar-refractivity contribution in [1.82, 2.24) is 0 Å². The predicted octanol–water partition coefficient (Wildman–Crippen LogP) is 4.16. The number of fused-ring (bicyclic) bond motifs is 2. The molecular formula is C16H16ClN. The highest BCUT2D eigenvalue weighted by molar-refractivity contribution is 6.18. The molecule has 1 nitrogen and oxygen atoms in total. The van der Waals surface area contributed by atoms with Crippen molar-refractivity contribution in [2.75, 3.05) is 17.3 Å². The first-order chi connectivity index (χ1) is 8.90. The van der Waals surface area contributed by atoms with Gasteiger partial charge in [-0.25, -0.2) is 0 Å². The molecule has 0 aliphatic carbocycles. The van der Waals surface area contributed by atoms with Gasteiger partial charge in [0.05, 0.1) is 0 Å². The molecule has 0 unspecified atom stereocenters. The van der Waals surface area contributed by atoms with E-state index in [9.17, 15) is 0 Å². The largest absolute Gasteiger partial charge is 0.340 e. The normalized spacial score (nSPS) is 13.7. The summed E-state index contributed by atoms with van der Waals surface area (Å²) in [5.74, 6) is 0.642. The zero-order valence-corrected chi connectivity index (χ0v) is 11.0. The van der Waals surface area contributed by atoms with Crippen LogP contribution >= 0.6 is 11.6 Å². The number of rotatable bonds is 2. The molecule has 0 aromatic heterocycles. The van der Waals surface area contributed by atoms with Crippen LogP contribution in [0.25, 0.3) is 0 Å². The van der Waals surface area contributed by atoms with Crippen molar-refractivity contribution in [3.8, 4) is 0 Å². The highest BCUT2D eigenvalue weighted by Gasteiger charge is 2.19. The first-order valence-electron chi connectivity index (χ1n) is 6.39. The van der Waals surface area contributed by atoms with Crippen LogP contribution in [0.3, 0.4) is 0 Å². The minimum Gasteiger partial charge on any atom is -0.340 e. The second-order valence-electron chi connectivity index (χ2n) is 4.60. The van der Waals surface area contributed by atoms with Crippen LogP contribution in [0.1, 0.15) is 11.1 Å². The molecule has 2 heteroatoms. The third kappa shape index (κ3) is 1.99. The van der Waals surface area contributed by atoms with Crippen molar-refractivity contribution in [3.63, 3.8) is 0 Å². The van der Waals surface area contributed by atoms with Gasteiger partial charge in [0.2, 0.25) is 0 Å². The maximum absolute atomic E-state index is 5.98. The van der Waals surface area contributed by atoms with Crippen LogP contribution < -0.4 is 4.90 Å². The standard InChI is InChI=1S/C16H16ClN/c17-11-12-18-15-7-3-1-5-13(15)9-10-14-6-2-4-8-16(14)18/h1-8H,9-12H2. The molecule has 1 aliphatic rings. The smallest absolute Gasteiger partial charge is 0.0443 e. The molecule has 0 saturated carbocycles. The lowest BCUT2D eigenvalue weighted by Gasteiger charge is -2.26. The molecule has 1 heterocycles. The van der Waals surface area contributed by atoms with Crippen molar-refractivity contribution in [3.05, 3.63) is 59.7 Å². The topological polar surface area (TPSA) is 3.24 Å². The molecule has 0 amide bonds. The lowest BCUT2D eigenvalue weighted by atomic mass is 10.0. The Balaban J connectivity index is 2.15. The van der Waals surface area contributed by atoms with Crippen LogP contribution in [-0.2, 0) is 12.8 Å². The Morgan fingerprint density at radius 2 is 1.33 bits per heavy atom. The molecule has 0 atom stereocenters. The summed E-state index contributed by atoms with van der Waals surface area (Å²) in [6, 6.07) is 17.3. The summed E-state index contributed by atoms with van der Waals surface area (Å²) < 4.78 is 0. The Kier molecular flexibility index (Phi) is 3.24. The van der Waals surface area contributed by atoms with Crippen molar-refractivity contribution >= 4 is 23.0 Å². The van der Waals surface area contributed by atoms with Gasteiger partial charge in [0.1, 0.15) is 0 Å². The van der Waals surface area contributed by atoms with E-state index in [0.29, 0.717) is 5.88 Å². The van der Waals surface area contributed by atoms with E-state index in [1.807, 2.05) is 0 Å². The van der Waals surface area contributed by atoms with Gasteiger partial charge in [0, 0.05) is 23.8 Å². The van der Waals surface area contributed by atoms with Gasteiger partial charge in [-0.05, 0) is 36.1 Å². The van der Waals surface area contributed by atoms with E-state index in [1.165, 1.54) is 22.5 Å². The van der Waals surface area contributed by atoms with Crippen LogP contribution in [0.5, 0.6) is 0 Å². The van der Waals surface area contributed by atoms with Crippen molar-refractivity contribution in [2.45, 2.75) is 12.8 Å². The molecule has 2 aromatic rings. The number of benzene rings is 2. The zero-order valence-electron chi connectivity index (χ0n) is 10.3. The van der Waals surface area contributed by atoms with Gasteiger partial charge in [0.15, 0.2) is 0 Å².